The van der Waals surface area contributed by atoms with Gasteiger partial charge >= 0.3 is 0 Å². The minimum Gasteiger partial charge on any atom is -0.369 e. The predicted octanol–water partition coefficient (Wildman–Crippen LogP) is -0.495. The molecule has 142 valence electrons. The van der Waals surface area contributed by atoms with Crippen LogP contribution in [-0.4, -0.2) is 70.9 Å². The largest absolute Gasteiger partial charge is 0.369 e. The lowest BCUT2D eigenvalue weighted by atomic mass is 10.1. The molecule has 3 rings (SSSR count). The number of carbonyl (C=O) groups is 2. The molecule has 1 aromatic heterocycles. The third-order valence-electron chi connectivity index (χ3n) is 4.81. The van der Waals surface area contributed by atoms with Crippen molar-refractivity contribution in [2.24, 2.45) is 11.8 Å². The van der Waals surface area contributed by atoms with E-state index in [1.807, 2.05) is 9.80 Å². The summed E-state index contributed by atoms with van der Waals surface area (Å²) in [6, 6.07) is 1.41. The van der Waals surface area contributed by atoms with Gasteiger partial charge in [-0.2, -0.15) is 4.98 Å². The number of H-pyrrole nitrogens is 1. The van der Waals surface area contributed by atoms with E-state index in [1.54, 1.807) is 4.90 Å². The summed E-state index contributed by atoms with van der Waals surface area (Å²) in [6.07, 6.45) is 0.303. The molecule has 3 N–H and O–H groups in total. The van der Waals surface area contributed by atoms with E-state index in [9.17, 15) is 14.4 Å². The van der Waals surface area contributed by atoms with Crippen LogP contribution in [0.15, 0.2) is 10.9 Å². The minimum atomic E-state index is -0.291. The molecule has 2 fully saturated rings. The zero-order valence-corrected chi connectivity index (χ0v) is 15.3. The Labute approximate surface area is 152 Å². The quantitative estimate of drug-likeness (QED) is 0.746. The molecule has 2 saturated heterocycles. The van der Waals surface area contributed by atoms with Crippen LogP contribution in [0, 0.1) is 11.8 Å². The Kier molecular flexibility index (Phi) is 5.15. The molecule has 9 nitrogen and oxygen atoms in total. The van der Waals surface area contributed by atoms with Gasteiger partial charge in [0.25, 0.3) is 5.56 Å². The molecule has 1 unspecified atom stereocenters. The Morgan fingerprint density at radius 2 is 2.00 bits per heavy atom. The van der Waals surface area contributed by atoms with Gasteiger partial charge in [0, 0.05) is 51.8 Å². The summed E-state index contributed by atoms with van der Waals surface area (Å²) in [4.78, 5) is 48.5. The summed E-state index contributed by atoms with van der Waals surface area (Å²) in [5.74, 6) is 0.867. The van der Waals surface area contributed by atoms with E-state index >= 15 is 0 Å². The summed E-state index contributed by atoms with van der Waals surface area (Å²) in [5.41, 5.74) is 5.30. The maximum atomic E-state index is 12.8. The number of carbonyl (C=O) groups excluding carboxylic acids is 2. The number of anilines is 2. The molecule has 26 heavy (non-hydrogen) atoms. The Morgan fingerprint density at radius 1 is 1.31 bits per heavy atom. The number of nitrogen functional groups attached to an aromatic ring is 1. The SMILES string of the molecule is CC(C)CN1CC(C(=O)N2CCN(c3cc(=O)[nH]c(N)n3)CC2)CC1=O. The highest BCUT2D eigenvalue weighted by Crippen LogP contribution is 2.22. The number of piperazine rings is 1. The molecule has 3 heterocycles. The smallest absolute Gasteiger partial charge is 0.254 e. The summed E-state index contributed by atoms with van der Waals surface area (Å²) < 4.78 is 0. The summed E-state index contributed by atoms with van der Waals surface area (Å²) >= 11 is 0. The van der Waals surface area contributed by atoms with E-state index in [4.69, 9.17) is 5.73 Å². The number of aromatic nitrogens is 2. The molecule has 0 bridgehead atoms. The van der Waals surface area contributed by atoms with Crippen molar-refractivity contribution in [3.05, 3.63) is 16.4 Å². The van der Waals surface area contributed by atoms with Gasteiger partial charge in [-0.05, 0) is 5.92 Å². The second kappa shape index (κ2) is 7.35. The van der Waals surface area contributed by atoms with Crippen LogP contribution in [0.5, 0.6) is 0 Å². The first-order valence-corrected chi connectivity index (χ1v) is 9.02. The Balaban J connectivity index is 1.57. The summed E-state index contributed by atoms with van der Waals surface area (Å²) in [6.45, 7) is 7.60. The number of hydrogen-bond acceptors (Lipinski definition) is 6. The molecule has 0 aromatic carbocycles. The normalized spacial score (nSPS) is 21.0. The zero-order chi connectivity index (χ0) is 18.8. The fourth-order valence-electron chi connectivity index (χ4n) is 3.59. The number of rotatable bonds is 4. The standard InChI is InChI=1S/C17H26N6O3/c1-11(2)9-23-10-12(7-15(23)25)16(26)22-5-3-21(4-6-22)13-8-14(24)20-17(18)19-13/h8,11-12H,3-7,9-10H2,1-2H3,(H3,18,19,20,24). The molecule has 1 atom stereocenters. The fourth-order valence-corrected chi connectivity index (χ4v) is 3.59. The molecule has 9 heteroatoms. The fraction of sp³-hybridized carbons (Fsp3) is 0.647. The van der Waals surface area contributed by atoms with E-state index in [2.05, 4.69) is 23.8 Å². The van der Waals surface area contributed by atoms with Gasteiger partial charge in [0.05, 0.1) is 5.92 Å². The molecule has 2 aliphatic heterocycles. The Hall–Kier alpha value is -2.58. The average molecular weight is 362 g/mol. The first-order chi connectivity index (χ1) is 12.3. The van der Waals surface area contributed by atoms with E-state index < -0.39 is 0 Å². The number of nitrogens with one attached hydrogen (secondary N) is 1. The monoisotopic (exact) mass is 362 g/mol. The van der Waals surface area contributed by atoms with Crippen LogP contribution in [0.2, 0.25) is 0 Å². The van der Waals surface area contributed by atoms with Gasteiger partial charge in [-0.3, -0.25) is 19.4 Å². The highest BCUT2D eigenvalue weighted by molar-refractivity contribution is 5.89. The first kappa shape index (κ1) is 18.2. The number of aromatic amines is 1. The van der Waals surface area contributed by atoms with Crippen molar-refractivity contribution in [2.75, 3.05) is 49.9 Å². The topological polar surface area (TPSA) is 116 Å². The predicted molar refractivity (Wildman–Crippen MR) is 97.6 cm³/mol. The van der Waals surface area contributed by atoms with Gasteiger partial charge in [0.2, 0.25) is 17.8 Å². The van der Waals surface area contributed by atoms with E-state index in [0.717, 1.165) is 0 Å². The van der Waals surface area contributed by atoms with Crippen molar-refractivity contribution >= 4 is 23.6 Å². The lowest BCUT2D eigenvalue weighted by molar-refractivity contribution is -0.136. The van der Waals surface area contributed by atoms with Crippen LogP contribution in [0.1, 0.15) is 20.3 Å². The maximum absolute atomic E-state index is 12.8. The van der Waals surface area contributed by atoms with Crippen LogP contribution in [0.4, 0.5) is 11.8 Å². The van der Waals surface area contributed by atoms with Gasteiger partial charge in [-0.15, -0.1) is 0 Å². The van der Waals surface area contributed by atoms with Crippen LogP contribution in [0.3, 0.4) is 0 Å². The van der Waals surface area contributed by atoms with E-state index in [-0.39, 0.29) is 29.2 Å². The minimum absolute atomic E-state index is 0.0441. The lowest BCUT2D eigenvalue weighted by Gasteiger charge is -2.36. The second-order valence-electron chi connectivity index (χ2n) is 7.39. The molecule has 0 spiro atoms. The highest BCUT2D eigenvalue weighted by Gasteiger charge is 2.37. The van der Waals surface area contributed by atoms with Crippen LogP contribution in [-0.2, 0) is 9.59 Å². The molecular weight excluding hydrogens is 336 g/mol. The zero-order valence-electron chi connectivity index (χ0n) is 15.3. The molecule has 2 aliphatic rings. The van der Waals surface area contributed by atoms with Gasteiger partial charge < -0.3 is 20.4 Å². The van der Waals surface area contributed by atoms with Gasteiger partial charge in [0.15, 0.2) is 0 Å². The van der Waals surface area contributed by atoms with Crippen LogP contribution >= 0.6 is 0 Å². The number of nitrogens with two attached hydrogens (primary N) is 1. The van der Waals surface area contributed by atoms with Crippen molar-refractivity contribution in [2.45, 2.75) is 20.3 Å². The van der Waals surface area contributed by atoms with Gasteiger partial charge in [-0.25, -0.2) is 0 Å². The molecule has 0 saturated carbocycles. The van der Waals surface area contributed by atoms with Crippen LogP contribution in [0.25, 0.3) is 0 Å². The number of amides is 2. The maximum Gasteiger partial charge on any atom is 0.254 e. The third kappa shape index (κ3) is 3.97. The number of hydrogen-bond donors (Lipinski definition) is 2. The molecule has 2 amide bonds. The Bertz CT molecular complexity index is 738. The first-order valence-electron chi connectivity index (χ1n) is 9.02. The van der Waals surface area contributed by atoms with Gasteiger partial charge in [0.1, 0.15) is 5.82 Å². The molecule has 1 aromatic rings. The van der Waals surface area contributed by atoms with Crippen LogP contribution < -0.4 is 16.2 Å². The number of likely N-dealkylation sites (tertiary alicyclic amines) is 1. The van der Waals surface area contributed by atoms with Crippen molar-refractivity contribution in [1.29, 1.82) is 0 Å². The molecule has 0 radical (unpaired) electrons. The van der Waals surface area contributed by atoms with E-state index in [0.29, 0.717) is 57.4 Å². The van der Waals surface area contributed by atoms with E-state index in [1.165, 1.54) is 6.07 Å². The average Bonchev–Trinajstić information content (AvgIpc) is 2.93. The molecule has 0 aliphatic carbocycles. The van der Waals surface area contributed by atoms with Gasteiger partial charge in [-0.1, -0.05) is 13.8 Å². The molecular formula is C17H26N6O3. The number of nitrogens with zero attached hydrogens (tertiary/aromatic N) is 4. The van der Waals surface area contributed by atoms with Crippen molar-refractivity contribution in [1.82, 2.24) is 19.8 Å². The third-order valence-corrected chi connectivity index (χ3v) is 4.81. The van der Waals surface area contributed by atoms with Crippen molar-refractivity contribution in [3.63, 3.8) is 0 Å². The Morgan fingerprint density at radius 3 is 2.62 bits per heavy atom. The lowest BCUT2D eigenvalue weighted by Crippen LogP contribution is -2.51. The van der Waals surface area contributed by atoms with Crippen molar-refractivity contribution < 1.29 is 9.59 Å². The summed E-state index contributed by atoms with van der Waals surface area (Å²) in [5, 5.41) is 0. The highest BCUT2D eigenvalue weighted by atomic mass is 16.2. The second-order valence-corrected chi connectivity index (χ2v) is 7.39. The summed E-state index contributed by atoms with van der Waals surface area (Å²) in [7, 11) is 0. The van der Waals surface area contributed by atoms with Crippen molar-refractivity contribution in [3.8, 4) is 0 Å².